The molecule has 1 aliphatic rings. The Labute approximate surface area is 271 Å². The van der Waals surface area contributed by atoms with E-state index in [1.807, 2.05) is 5.19 Å². The van der Waals surface area contributed by atoms with E-state index >= 15 is 0 Å². The summed E-state index contributed by atoms with van der Waals surface area (Å²) in [5.41, 5.74) is 6.36. The fourth-order valence-electron chi connectivity index (χ4n) is 6.47. The molecule has 0 nitrogen and oxygen atoms in total. The van der Waals surface area contributed by atoms with Gasteiger partial charge < -0.3 is 0 Å². The molecule has 0 amide bonds. The fraction of sp³-hybridized carbons (Fsp3) is 0.735. The second-order valence-electron chi connectivity index (χ2n) is 12.1. The van der Waals surface area contributed by atoms with E-state index in [-0.39, 0.29) is 51.4 Å². The largest absolute Gasteiger partial charge is 1.00 e. The number of unbranched alkanes of at least 4 members (excludes halogenated alkanes) is 15. The molecule has 0 bridgehead atoms. The minimum Gasteiger partial charge on any atom is -0.196 e. The summed E-state index contributed by atoms with van der Waals surface area (Å²) in [6, 6.07) is 1.47. The normalized spacial score (nSPS) is 17.9. The van der Waals surface area contributed by atoms with Crippen LogP contribution < -0.4 is 56.6 Å². The van der Waals surface area contributed by atoms with Crippen LogP contribution in [-0.2, 0) is 0 Å². The number of hydrogen-bond donors (Lipinski definition) is 0. The Hall–Kier alpha value is 0.683. The maximum atomic E-state index is 2.56. The van der Waals surface area contributed by atoms with Crippen LogP contribution in [0.25, 0.3) is 0 Å². The third kappa shape index (κ3) is 11.4. The zero-order valence-electron chi connectivity index (χ0n) is 25.6. The minimum atomic E-state index is -1.11. The van der Waals surface area contributed by atoms with Crippen molar-refractivity contribution in [1.82, 2.24) is 0 Å². The first-order chi connectivity index (χ1) is 16.9. The van der Waals surface area contributed by atoms with Crippen molar-refractivity contribution < 1.29 is 51.4 Å². The van der Waals surface area contributed by atoms with Gasteiger partial charge in [-0.1, -0.05) is 175 Å². The molecule has 0 saturated heterocycles. The van der Waals surface area contributed by atoms with E-state index in [1.54, 1.807) is 22.3 Å². The van der Waals surface area contributed by atoms with Gasteiger partial charge in [0, 0.05) is 8.80 Å². The second-order valence-corrected chi connectivity index (χ2v) is 15.6. The standard InChI is InChI=1S/C34H59Si.K/c1-7-8-9-10-11-12-13-14-15-16-17-18-19-20-21-25-28-35(34(6)26-23-22-24-27-34)33-31(4)29(2)30(3)32(33)5;/h22-24,26,35H,7-21,25,27-28H2,1-6H3;/q-1;+1. The topological polar surface area (TPSA) is 0 Å². The first-order valence-corrected chi connectivity index (χ1v) is 17.5. The van der Waals surface area contributed by atoms with Gasteiger partial charge in [0.05, 0.1) is 0 Å². The number of hydrogen-bond acceptors (Lipinski definition) is 0. The van der Waals surface area contributed by atoms with Crippen molar-refractivity contribution in [3.63, 3.8) is 0 Å². The van der Waals surface area contributed by atoms with Crippen LogP contribution in [0.1, 0.15) is 145 Å². The van der Waals surface area contributed by atoms with E-state index in [4.69, 9.17) is 0 Å². The predicted octanol–water partition coefficient (Wildman–Crippen LogP) is 7.62. The van der Waals surface area contributed by atoms with E-state index in [0.29, 0.717) is 5.04 Å². The molecule has 2 heteroatoms. The molecule has 0 fully saturated rings. The molecule has 36 heavy (non-hydrogen) atoms. The van der Waals surface area contributed by atoms with Crippen LogP contribution in [0.3, 0.4) is 0 Å². The molecule has 0 aromatic heterocycles. The monoisotopic (exact) mass is 534 g/mol. The van der Waals surface area contributed by atoms with Crippen molar-refractivity contribution in [2.24, 2.45) is 0 Å². The van der Waals surface area contributed by atoms with Gasteiger partial charge in [-0.15, -0.1) is 0 Å². The number of allylic oxidation sites excluding steroid dienone is 4. The fourth-order valence-corrected chi connectivity index (χ4v) is 11.0. The third-order valence-corrected chi connectivity index (χ3v) is 13.8. The molecule has 2 unspecified atom stereocenters. The van der Waals surface area contributed by atoms with Crippen molar-refractivity contribution in [3.05, 3.63) is 46.6 Å². The summed E-state index contributed by atoms with van der Waals surface area (Å²) in [4.78, 5) is 0. The maximum absolute atomic E-state index is 2.56. The van der Waals surface area contributed by atoms with Gasteiger partial charge in [0.1, 0.15) is 0 Å². The first-order valence-electron chi connectivity index (χ1n) is 15.5. The van der Waals surface area contributed by atoms with E-state index in [0.717, 1.165) is 0 Å². The van der Waals surface area contributed by atoms with Crippen LogP contribution in [-0.4, -0.2) is 8.80 Å². The third-order valence-electron chi connectivity index (χ3n) is 9.27. The summed E-state index contributed by atoms with van der Waals surface area (Å²) in [6.07, 6.45) is 34.1. The first kappa shape index (κ1) is 34.7. The smallest absolute Gasteiger partial charge is 0.196 e. The van der Waals surface area contributed by atoms with Crippen LogP contribution in [0.5, 0.6) is 0 Å². The summed E-state index contributed by atoms with van der Waals surface area (Å²) in [6.45, 7) is 14.4. The summed E-state index contributed by atoms with van der Waals surface area (Å²) in [5.74, 6) is 0. The zero-order chi connectivity index (χ0) is 25.5. The van der Waals surface area contributed by atoms with Gasteiger partial charge in [0.2, 0.25) is 0 Å². The van der Waals surface area contributed by atoms with E-state index in [2.05, 4.69) is 65.8 Å². The average Bonchev–Trinajstić information content (AvgIpc) is 3.04. The number of rotatable bonds is 19. The Morgan fingerprint density at radius 2 is 1.08 bits per heavy atom. The molecule has 1 aromatic carbocycles. The molecule has 200 valence electrons. The Kier molecular flexibility index (Phi) is 19.0. The van der Waals surface area contributed by atoms with Crippen molar-refractivity contribution in [2.75, 3.05) is 0 Å². The summed E-state index contributed by atoms with van der Waals surface area (Å²) in [5, 5.41) is 2.20. The Morgan fingerprint density at radius 1 is 0.667 bits per heavy atom. The van der Waals surface area contributed by atoms with Crippen LogP contribution in [0, 0.1) is 27.7 Å². The molecular weight excluding hydrogens is 476 g/mol. The van der Waals surface area contributed by atoms with Crippen molar-refractivity contribution in [1.29, 1.82) is 0 Å². The van der Waals surface area contributed by atoms with Crippen molar-refractivity contribution >= 4 is 14.0 Å². The van der Waals surface area contributed by atoms with Gasteiger partial charge in [-0.25, -0.2) is 0 Å². The predicted molar refractivity (Wildman–Crippen MR) is 163 cm³/mol. The Balaban J connectivity index is 0.00000648. The molecule has 0 radical (unpaired) electrons. The summed E-state index contributed by atoms with van der Waals surface area (Å²) in [7, 11) is -1.11. The second kappa shape index (κ2) is 19.7. The Bertz CT molecular complexity index is 745. The molecule has 2 atom stereocenters. The van der Waals surface area contributed by atoms with Crippen molar-refractivity contribution in [3.8, 4) is 0 Å². The molecule has 1 aliphatic carbocycles. The molecule has 0 spiro atoms. The van der Waals surface area contributed by atoms with Gasteiger partial charge in [-0.2, -0.15) is 27.4 Å². The van der Waals surface area contributed by atoms with E-state index < -0.39 is 8.80 Å². The summed E-state index contributed by atoms with van der Waals surface area (Å²) < 4.78 is 0. The SMILES string of the molecule is CCCCCCCCCCCCCCCCCC[SiH]([c-]1c(C)c(C)c(C)c1C)C1(C)C=CC=CC1.[K+]. The van der Waals surface area contributed by atoms with Crippen molar-refractivity contribution in [2.45, 2.75) is 162 Å². The molecular formula is C34H59KSi. The molecule has 2 rings (SSSR count). The van der Waals surface area contributed by atoms with Gasteiger partial charge in [0.25, 0.3) is 0 Å². The molecule has 1 aromatic rings. The van der Waals surface area contributed by atoms with Gasteiger partial charge in [-0.3, -0.25) is 0 Å². The quantitative estimate of drug-likeness (QED) is 0.0973. The van der Waals surface area contributed by atoms with Crippen LogP contribution in [0.2, 0.25) is 11.1 Å². The van der Waals surface area contributed by atoms with Gasteiger partial charge in [0.15, 0.2) is 0 Å². The van der Waals surface area contributed by atoms with Gasteiger partial charge >= 0.3 is 51.4 Å². The van der Waals surface area contributed by atoms with Crippen LogP contribution >= 0.6 is 0 Å². The van der Waals surface area contributed by atoms with Gasteiger partial charge in [-0.05, 0) is 11.5 Å². The molecule has 0 aliphatic heterocycles. The van der Waals surface area contributed by atoms with Crippen LogP contribution in [0.15, 0.2) is 24.3 Å². The summed E-state index contributed by atoms with van der Waals surface area (Å²) >= 11 is 0. The molecule has 0 N–H and O–H groups in total. The van der Waals surface area contributed by atoms with E-state index in [9.17, 15) is 0 Å². The maximum Gasteiger partial charge on any atom is 1.00 e. The minimum absolute atomic E-state index is 0. The zero-order valence-corrected chi connectivity index (χ0v) is 29.9. The molecule has 0 saturated carbocycles. The Morgan fingerprint density at radius 3 is 1.47 bits per heavy atom. The van der Waals surface area contributed by atoms with E-state index in [1.165, 1.54) is 115 Å². The average molecular weight is 535 g/mol. The molecule has 0 heterocycles. The van der Waals surface area contributed by atoms with Crippen LogP contribution in [0.4, 0.5) is 0 Å².